The van der Waals surface area contributed by atoms with Crippen LogP contribution in [0.25, 0.3) is 0 Å². The van der Waals surface area contributed by atoms with E-state index in [-0.39, 0.29) is 10.6 Å². The third-order valence-electron chi connectivity index (χ3n) is 2.76. The van der Waals surface area contributed by atoms with Gasteiger partial charge in [0.1, 0.15) is 10.6 Å². The van der Waals surface area contributed by atoms with E-state index in [1.54, 1.807) is 0 Å². The molecule has 0 unspecified atom stereocenters. The summed E-state index contributed by atoms with van der Waals surface area (Å²) in [5, 5.41) is 18.2. The molecular formula is C14H9ClO7S. The van der Waals surface area contributed by atoms with Gasteiger partial charge in [0.25, 0.3) is 0 Å². The minimum atomic E-state index is -4.20. The Labute approximate surface area is 135 Å². The molecular weight excluding hydrogens is 348 g/mol. The number of carbonyl (C=O) groups is 2. The first-order valence-corrected chi connectivity index (χ1v) is 7.80. The Bertz CT molecular complexity index is 872. The zero-order chi connectivity index (χ0) is 17.2. The van der Waals surface area contributed by atoms with Crippen LogP contribution in [0.4, 0.5) is 0 Å². The SMILES string of the molecule is O=C(O)c1ccc(OS(=O)(=O)c2ccc(Cl)cc2)cc1C(=O)O. The molecule has 0 aromatic heterocycles. The van der Waals surface area contributed by atoms with Crippen LogP contribution in [0, 0.1) is 0 Å². The predicted octanol–water partition coefficient (Wildman–Crippen LogP) is 2.50. The smallest absolute Gasteiger partial charge is 0.339 e. The topological polar surface area (TPSA) is 118 Å². The third-order valence-corrected chi connectivity index (χ3v) is 4.27. The van der Waals surface area contributed by atoms with Gasteiger partial charge in [-0.1, -0.05) is 11.6 Å². The Morgan fingerprint density at radius 1 is 0.913 bits per heavy atom. The largest absolute Gasteiger partial charge is 0.478 e. The lowest BCUT2D eigenvalue weighted by Gasteiger charge is -2.09. The van der Waals surface area contributed by atoms with Crippen molar-refractivity contribution in [2.24, 2.45) is 0 Å². The predicted molar refractivity (Wildman–Crippen MR) is 79.6 cm³/mol. The summed E-state index contributed by atoms with van der Waals surface area (Å²) in [5.41, 5.74) is -1.06. The minimum Gasteiger partial charge on any atom is -0.478 e. The van der Waals surface area contributed by atoms with Gasteiger partial charge in [0.15, 0.2) is 0 Å². The van der Waals surface area contributed by atoms with Gasteiger partial charge in [-0.15, -0.1) is 0 Å². The molecule has 0 saturated carbocycles. The van der Waals surface area contributed by atoms with Gasteiger partial charge in [-0.05, 0) is 42.5 Å². The highest BCUT2D eigenvalue weighted by Gasteiger charge is 2.21. The summed E-state index contributed by atoms with van der Waals surface area (Å²) in [6.07, 6.45) is 0. The molecule has 0 amide bonds. The number of benzene rings is 2. The molecule has 0 aliphatic heterocycles. The molecule has 0 radical (unpaired) electrons. The van der Waals surface area contributed by atoms with Crippen molar-refractivity contribution in [3.05, 3.63) is 58.6 Å². The molecule has 2 aromatic rings. The normalized spacial score (nSPS) is 11.0. The molecule has 7 nitrogen and oxygen atoms in total. The maximum Gasteiger partial charge on any atom is 0.339 e. The second-order valence-electron chi connectivity index (χ2n) is 4.31. The summed E-state index contributed by atoms with van der Waals surface area (Å²) in [7, 11) is -4.20. The van der Waals surface area contributed by atoms with Crippen LogP contribution in [0.2, 0.25) is 5.02 Å². The summed E-state index contributed by atoms with van der Waals surface area (Å²) < 4.78 is 29.0. The minimum absolute atomic E-state index is 0.180. The number of aromatic carboxylic acids is 2. The van der Waals surface area contributed by atoms with E-state index in [1.807, 2.05) is 0 Å². The van der Waals surface area contributed by atoms with E-state index >= 15 is 0 Å². The maximum atomic E-state index is 12.1. The summed E-state index contributed by atoms with van der Waals surface area (Å²) in [6.45, 7) is 0. The van der Waals surface area contributed by atoms with E-state index < -0.39 is 33.2 Å². The van der Waals surface area contributed by atoms with Crippen molar-refractivity contribution in [3.63, 3.8) is 0 Å². The van der Waals surface area contributed by atoms with Crippen LogP contribution in [0.1, 0.15) is 20.7 Å². The van der Waals surface area contributed by atoms with Crippen LogP contribution in [-0.2, 0) is 10.1 Å². The molecule has 0 saturated heterocycles. The van der Waals surface area contributed by atoms with Gasteiger partial charge in [0, 0.05) is 5.02 Å². The fourth-order valence-corrected chi connectivity index (χ4v) is 2.76. The van der Waals surface area contributed by atoms with Crippen molar-refractivity contribution < 1.29 is 32.4 Å². The van der Waals surface area contributed by atoms with Crippen molar-refractivity contribution >= 4 is 33.7 Å². The number of rotatable bonds is 5. The second-order valence-corrected chi connectivity index (χ2v) is 6.29. The van der Waals surface area contributed by atoms with Gasteiger partial charge in [0.05, 0.1) is 11.1 Å². The number of carboxylic acid groups (broad SMARTS) is 2. The number of carboxylic acids is 2. The zero-order valence-corrected chi connectivity index (χ0v) is 12.8. The fourth-order valence-electron chi connectivity index (χ4n) is 1.71. The summed E-state index contributed by atoms with van der Waals surface area (Å²) in [6, 6.07) is 8.01. The molecule has 0 atom stereocenters. The zero-order valence-electron chi connectivity index (χ0n) is 11.3. The maximum absolute atomic E-state index is 12.1. The van der Waals surface area contributed by atoms with Gasteiger partial charge in [-0.2, -0.15) is 8.42 Å². The molecule has 0 aliphatic carbocycles. The van der Waals surface area contributed by atoms with Crippen LogP contribution in [0.15, 0.2) is 47.4 Å². The average molecular weight is 357 g/mol. The molecule has 9 heteroatoms. The Hall–Kier alpha value is -2.58. The van der Waals surface area contributed by atoms with Gasteiger partial charge in [-0.3, -0.25) is 0 Å². The number of hydrogen-bond acceptors (Lipinski definition) is 5. The highest BCUT2D eigenvalue weighted by molar-refractivity contribution is 7.87. The van der Waals surface area contributed by atoms with Gasteiger partial charge < -0.3 is 14.4 Å². The Morgan fingerprint density at radius 2 is 1.48 bits per heavy atom. The Morgan fingerprint density at radius 3 is 2.00 bits per heavy atom. The van der Waals surface area contributed by atoms with E-state index in [9.17, 15) is 18.0 Å². The Balaban J connectivity index is 2.40. The molecule has 2 N–H and O–H groups in total. The van der Waals surface area contributed by atoms with E-state index in [2.05, 4.69) is 0 Å². The first kappa shape index (κ1) is 16.8. The molecule has 2 rings (SSSR count). The molecule has 0 bridgehead atoms. The van der Waals surface area contributed by atoms with Gasteiger partial charge in [0.2, 0.25) is 0 Å². The third kappa shape index (κ3) is 3.79. The summed E-state index contributed by atoms with van der Waals surface area (Å²) in [5.74, 6) is -3.28. The highest BCUT2D eigenvalue weighted by Crippen LogP contribution is 2.23. The monoisotopic (exact) mass is 356 g/mol. The second kappa shape index (κ2) is 6.27. The van der Waals surface area contributed by atoms with E-state index in [1.165, 1.54) is 24.3 Å². The van der Waals surface area contributed by atoms with E-state index in [0.29, 0.717) is 5.02 Å². The van der Waals surface area contributed by atoms with Crippen molar-refractivity contribution in [3.8, 4) is 5.75 Å². The molecule has 0 aliphatic rings. The van der Waals surface area contributed by atoms with Crippen LogP contribution in [0.3, 0.4) is 0 Å². The van der Waals surface area contributed by atoms with Crippen LogP contribution in [0.5, 0.6) is 5.75 Å². The lowest BCUT2D eigenvalue weighted by molar-refractivity contribution is 0.0651. The lowest BCUT2D eigenvalue weighted by Crippen LogP contribution is -2.12. The van der Waals surface area contributed by atoms with E-state index in [0.717, 1.165) is 18.2 Å². The highest BCUT2D eigenvalue weighted by atomic mass is 35.5. The van der Waals surface area contributed by atoms with Crippen LogP contribution < -0.4 is 4.18 Å². The standard InChI is InChI=1S/C14H9ClO7S/c15-8-1-4-10(5-2-8)23(20,21)22-9-3-6-11(13(16)17)12(7-9)14(18)19/h1-7H,(H,16,17)(H,18,19). The average Bonchev–Trinajstić information content (AvgIpc) is 2.46. The quantitative estimate of drug-likeness (QED) is 0.790. The summed E-state index contributed by atoms with van der Waals surface area (Å²) >= 11 is 5.67. The van der Waals surface area contributed by atoms with Crippen LogP contribution >= 0.6 is 11.6 Å². The fraction of sp³-hybridized carbons (Fsp3) is 0. The van der Waals surface area contributed by atoms with Crippen molar-refractivity contribution in [2.75, 3.05) is 0 Å². The van der Waals surface area contributed by atoms with Gasteiger partial charge in [-0.25, -0.2) is 9.59 Å². The van der Waals surface area contributed by atoms with Crippen molar-refractivity contribution in [2.45, 2.75) is 4.90 Å². The van der Waals surface area contributed by atoms with Crippen LogP contribution in [-0.4, -0.2) is 30.6 Å². The van der Waals surface area contributed by atoms with Gasteiger partial charge >= 0.3 is 22.1 Å². The van der Waals surface area contributed by atoms with Crippen molar-refractivity contribution in [1.29, 1.82) is 0 Å². The first-order chi connectivity index (χ1) is 10.7. The molecule has 120 valence electrons. The molecule has 0 spiro atoms. The summed E-state index contributed by atoms with van der Waals surface area (Å²) in [4.78, 5) is 21.8. The number of hydrogen-bond donors (Lipinski definition) is 2. The first-order valence-electron chi connectivity index (χ1n) is 6.01. The lowest BCUT2D eigenvalue weighted by atomic mass is 10.1. The molecule has 0 fully saturated rings. The molecule has 23 heavy (non-hydrogen) atoms. The Kier molecular flexibility index (Phi) is 4.57. The number of halogens is 1. The van der Waals surface area contributed by atoms with Crippen molar-refractivity contribution in [1.82, 2.24) is 0 Å². The van der Waals surface area contributed by atoms with E-state index in [4.69, 9.17) is 26.0 Å². The molecule has 2 aromatic carbocycles. The molecule has 0 heterocycles.